The molecule has 0 bridgehead atoms. The topological polar surface area (TPSA) is 82.0 Å². The second kappa shape index (κ2) is 4.41. The standard InChI is InChI=1S/C14H10FN3O2/c1-7-12-9(13(16)19)6-11(17-14(12)20-18-7)8-4-2-3-5-10(8)15/h2-6H,1H3,(H2,16,19). The van der Waals surface area contributed by atoms with Crippen LogP contribution in [-0.2, 0) is 0 Å². The van der Waals surface area contributed by atoms with E-state index in [4.69, 9.17) is 10.3 Å². The van der Waals surface area contributed by atoms with E-state index in [9.17, 15) is 9.18 Å². The molecule has 1 aromatic carbocycles. The molecule has 0 saturated heterocycles. The number of carbonyl (C=O) groups excluding carboxylic acids is 1. The summed E-state index contributed by atoms with van der Waals surface area (Å²) >= 11 is 0. The van der Waals surface area contributed by atoms with Crippen LogP contribution in [0.1, 0.15) is 16.1 Å². The first-order chi connectivity index (χ1) is 9.58. The van der Waals surface area contributed by atoms with Gasteiger partial charge in [-0.1, -0.05) is 17.3 Å². The average Bonchev–Trinajstić information content (AvgIpc) is 2.80. The molecule has 5 nitrogen and oxygen atoms in total. The summed E-state index contributed by atoms with van der Waals surface area (Å²) in [5, 5.41) is 4.21. The Bertz CT molecular complexity index is 826. The fourth-order valence-electron chi connectivity index (χ4n) is 2.10. The van der Waals surface area contributed by atoms with Crippen molar-refractivity contribution < 1.29 is 13.7 Å². The number of halogens is 1. The molecule has 0 aliphatic rings. The Morgan fingerprint density at radius 1 is 1.35 bits per heavy atom. The Morgan fingerprint density at radius 2 is 2.10 bits per heavy atom. The molecule has 1 amide bonds. The lowest BCUT2D eigenvalue weighted by molar-refractivity contribution is 0.100. The summed E-state index contributed by atoms with van der Waals surface area (Å²) in [6.45, 7) is 1.68. The second-order valence-corrected chi connectivity index (χ2v) is 4.35. The molecule has 0 saturated carbocycles. The molecule has 100 valence electrons. The van der Waals surface area contributed by atoms with Crippen molar-refractivity contribution in [2.75, 3.05) is 0 Å². The number of fused-ring (bicyclic) bond motifs is 1. The number of rotatable bonds is 2. The minimum absolute atomic E-state index is 0.164. The number of nitrogens with zero attached hydrogens (tertiary/aromatic N) is 2. The number of hydrogen-bond donors (Lipinski definition) is 1. The van der Waals surface area contributed by atoms with Crippen LogP contribution in [0.3, 0.4) is 0 Å². The molecule has 0 spiro atoms. The summed E-state index contributed by atoms with van der Waals surface area (Å²) in [5.74, 6) is -1.08. The van der Waals surface area contributed by atoms with Crippen LogP contribution < -0.4 is 5.73 Å². The first-order valence-corrected chi connectivity index (χ1v) is 5.89. The summed E-state index contributed by atoms with van der Waals surface area (Å²) in [5.41, 5.74) is 6.80. The van der Waals surface area contributed by atoms with Gasteiger partial charge in [-0.05, 0) is 25.1 Å². The molecule has 0 atom stereocenters. The fraction of sp³-hybridized carbons (Fsp3) is 0.0714. The minimum Gasteiger partial charge on any atom is -0.366 e. The first-order valence-electron chi connectivity index (χ1n) is 5.89. The van der Waals surface area contributed by atoms with Gasteiger partial charge in [0.2, 0.25) is 5.91 Å². The van der Waals surface area contributed by atoms with E-state index in [0.29, 0.717) is 11.1 Å². The maximum absolute atomic E-state index is 13.8. The molecule has 0 aliphatic carbocycles. The number of aromatic nitrogens is 2. The maximum atomic E-state index is 13.8. The van der Waals surface area contributed by atoms with Gasteiger partial charge in [-0.3, -0.25) is 4.79 Å². The van der Waals surface area contributed by atoms with Gasteiger partial charge in [0, 0.05) is 5.56 Å². The van der Waals surface area contributed by atoms with Crippen LogP contribution in [0, 0.1) is 12.7 Å². The van der Waals surface area contributed by atoms with Crippen molar-refractivity contribution in [1.82, 2.24) is 10.1 Å². The van der Waals surface area contributed by atoms with Gasteiger partial charge in [0.1, 0.15) is 5.82 Å². The Labute approximate surface area is 113 Å². The Balaban J connectivity index is 2.34. The lowest BCUT2D eigenvalue weighted by atomic mass is 10.1. The summed E-state index contributed by atoms with van der Waals surface area (Å²) in [6, 6.07) is 7.59. The quantitative estimate of drug-likeness (QED) is 0.776. The average molecular weight is 271 g/mol. The Morgan fingerprint density at radius 3 is 2.80 bits per heavy atom. The zero-order valence-electron chi connectivity index (χ0n) is 10.6. The van der Waals surface area contributed by atoms with E-state index >= 15 is 0 Å². The molecular weight excluding hydrogens is 261 g/mol. The molecule has 0 radical (unpaired) electrons. The fourth-order valence-corrected chi connectivity index (χ4v) is 2.10. The zero-order valence-corrected chi connectivity index (χ0v) is 10.6. The van der Waals surface area contributed by atoms with Crippen LogP contribution >= 0.6 is 0 Å². The zero-order chi connectivity index (χ0) is 14.3. The second-order valence-electron chi connectivity index (χ2n) is 4.35. The van der Waals surface area contributed by atoms with E-state index in [1.54, 1.807) is 25.1 Å². The van der Waals surface area contributed by atoms with Crippen LogP contribution in [-0.4, -0.2) is 16.0 Å². The number of amides is 1. The summed E-state index contributed by atoms with van der Waals surface area (Å²) in [6.07, 6.45) is 0. The van der Waals surface area contributed by atoms with E-state index in [1.807, 2.05) is 0 Å². The molecular formula is C14H10FN3O2. The number of pyridine rings is 1. The molecule has 3 rings (SSSR count). The van der Waals surface area contributed by atoms with Crippen LogP contribution in [0.25, 0.3) is 22.4 Å². The van der Waals surface area contributed by atoms with Gasteiger partial charge < -0.3 is 10.3 Å². The third-order valence-corrected chi connectivity index (χ3v) is 3.03. The van der Waals surface area contributed by atoms with Crippen molar-refractivity contribution in [3.63, 3.8) is 0 Å². The number of nitrogens with two attached hydrogens (primary N) is 1. The van der Waals surface area contributed by atoms with E-state index in [-0.39, 0.29) is 22.5 Å². The van der Waals surface area contributed by atoms with Gasteiger partial charge in [0.25, 0.3) is 5.71 Å². The SMILES string of the molecule is Cc1noc2nc(-c3ccccc3F)cc(C(N)=O)c12. The largest absolute Gasteiger partial charge is 0.366 e. The van der Waals surface area contributed by atoms with E-state index in [2.05, 4.69) is 10.1 Å². The summed E-state index contributed by atoms with van der Waals surface area (Å²) in [4.78, 5) is 15.8. The van der Waals surface area contributed by atoms with Gasteiger partial charge in [-0.15, -0.1) is 0 Å². The van der Waals surface area contributed by atoms with Gasteiger partial charge in [0.05, 0.1) is 22.3 Å². The van der Waals surface area contributed by atoms with Crippen LogP contribution in [0.4, 0.5) is 4.39 Å². The number of primary amides is 1. The van der Waals surface area contributed by atoms with Crippen molar-refractivity contribution in [1.29, 1.82) is 0 Å². The predicted octanol–water partition coefficient (Wildman–Crippen LogP) is 2.44. The Kier molecular flexibility index (Phi) is 2.71. The molecule has 3 aromatic rings. The van der Waals surface area contributed by atoms with Crippen LogP contribution in [0.15, 0.2) is 34.9 Å². The van der Waals surface area contributed by atoms with Crippen LogP contribution in [0.2, 0.25) is 0 Å². The molecule has 0 fully saturated rings. The molecule has 0 unspecified atom stereocenters. The van der Waals surface area contributed by atoms with E-state index < -0.39 is 11.7 Å². The third-order valence-electron chi connectivity index (χ3n) is 3.03. The van der Waals surface area contributed by atoms with Crippen molar-refractivity contribution in [3.05, 3.63) is 47.4 Å². The highest BCUT2D eigenvalue weighted by Crippen LogP contribution is 2.27. The van der Waals surface area contributed by atoms with Gasteiger partial charge >= 0.3 is 0 Å². The predicted molar refractivity (Wildman–Crippen MR) is 70.5 cm³/mol. The smallest absolute Gasteiger partial charge is 0.259 e. The lowest BCUT2D eigenvalue weighted by Gasteiger charge is -2.05. The lowest BCUT2D eigenvalue weighted by Crippen LogP contribution is -2.12. The number of hydrogen-bond acceptors (Lipinski definition) is 4. The summed E-state index contributed by atoms with van der Waals surface area (Å²) < 4.78 is 18.9. The Hall–Kier alpha value is -2.76. The van der Waals surface area contributed by atoms with Crippen molar-refractivity contribution in [2.45, 2.75) is 6.92 Å². The van der Waals surface area contributed by atoms with Crippen LogP contribution in [0.5, 0.6) is 0 Å². The minimum atomic E-state index is -0.638. The molecule has 2 heterocycles. The maximum Gasteiger partial charge on any atom is 0.259 e. The molecule has 20 heavy (non-hydrogen) atoms. The molecule has 0 aliphatic heterocycles. The highest BCUT2D eigenvalue weighted by Gasteiger charge is 2.18. The van der Waals surface area contributed by atoms with E-state index in [0.717, 1.165) is 0 Å². The number of aryl methyl sites for hydroxylation is 1. The van der Waals surface area contributed by atoms with Gasteiger partial charge in [0.15, 0.2) is 0 Å². The number of benzene rings is 1. The first kappa shape index (κ1) is 12.3. The number of carbonyl (C=O) groups is 1. The normalized spacial score (nSPS) is 10.9. The van der Waals surface area contributed by atoms with Gasteiger partial charge in [-0.2, -0.15) is 0 Å². The monoisotopic (exact) mass is 271 g/mol. The molecule has 6 heteroatoms. The summed E-state index contributed by atoms with van der Waals surface area (Å²) in [7, 11) is 0. The van der Waals surface area contributed by atoms with Crippen molar-refractivity contribution >= 4 is 17.0 Å². The van der Waals surface area contributed by atoms with Gasteiger partial charge in [-0.25, -0.2) is 9.37 Å². The molecule has 2 aromatic heterocycles. The van der Waals surface area contributed by atoms with E-state index in [1.165, 1.54) is 12.1 Å². The highest BCUT2D eigenvalue weighted by atomic mass is 19.1. The highest BCUT2D eigenvalue weighted by molar-refractivity contribution is 6.06. The molecule has 2 N–H and O–H groups in total. The third kappa shape index (κ3) is 1.82. The van der Waals surface area contributed by atoms with Crippen molar-refractivity contribution in [2.24, 2.45) is 5.73 Å². The van der Waals surface area contributed by atoms with Crippen molar-refractivity contribution in [3.8, 4) is 11.3 Å².